The number of hydrogen-bond acceptors (Lipinski definition) is 4. The van der Waals surface area contributed by atoms with Gasteiger partial charge in [0, 0.05) is 38.7 Å². The van der Waals surface area contributed by atoms with Crippen molar-refractivity contribution in [1.82, 2.24) is 5.43 Å². The molecule has 0 unspecified atom stereocenters. The lowest BCUT2D eigenvalue weighted by Crippen LogP contribution is -2.36. The maximum atomic E-state index is 12.8. The van der Waals surface area contributed by atoms with E-state index in [9.17, 15) is 9.59 Å². The Morgan fingerprint density at radius 1 is 1.09 bits per heavy atom. The van der Waals surface area contributed by atoms with Crippen LogP contribution in [-0.2, 0) is 16.2 Å². The fourth-order valence-electron chi connectivity index (χ4n) is 3.48. The van der Waals surface area contributed by atoms with Crippen molar-refractivity contribution >= 4 is 62.3 Å². The van der Waals surface area contributed by atoms with Gasteiger partial charge in [-0.25, -0.2) is 0 Å². The van der Waals surface area contributed by atoms with E-state index in [1.165, 1.54) is 0 Å². The molecule has 0 bridgehead atoms. The quantitative estimate of drug-likeness (QED) is 0.364. The standard InChI is InChI=1S/C24H20BrCl2N3O3/c25-17-5-10-22(33-14-15-3-1-2-4-20(15)27)21(12-17)28-29-24(32)16-11-23(31)30(13-16)19-8-6-18(26)7-9-19/h1-10,12,16,28H,11,13-14H2,(H,29,32)/t16-/m0/s1. The second-order valence-corrected chi connectivity index (χ2v) is 9.28. The highest BCUT2D eigenvalue weighted by atomic mass is 79.9. The summed E-state index contributed by atoms with van der Waals surface area (Å²) in [5, 5.41) is 1.21. The van der Waals surface area contributed by atoms with Gasteiger partial charge in [0.15, 0.2) is 0 Å². The normalized spacial score (nSPS) is 15.4. The predicted molar refractivity (Wildman–Crippen MR) is 134 cm³/mol. The van der Waals surface area contributed by atoms with Crippen LogP contribution in [0.25, 0.3) is 0 Å². The van der Waals surface area contributed by atoms with Gasteiger partial charge in [-0.15, -0.1) is 0 Å². The highest BCUT2D eigenvalue weighted by Gasteiger charge is 2.35. The molecule has 1 fully saturated rings. The molecule has 33 heavy (non-hydrogen) atoms. The molecule has 3 aromatic carbocycles. The Balaban J connectivity index is 1.39. The Hall–Kier alpha value is -2.74. The van der Waals surface area contributed by atoms with Crippen molar-refractivity contribution in [2.24, 2.45) is 5.92 Å². The summed E-state index contributed by atoms with van der Waals surface area (Å²) >= 11 is 15.6. The molecule has 9 heteroatoms. The molecule has 0 saturated carbocycles. The van der Waals surface area contributed by atoms with Crippen molar-refractivity contribution in [2.75, 3.05) is 16.9 Å². The summed E-state index contributed by atoms with van der Waals surface area (Å²) in [5.74, 6) is -0.329. The van der Waals surface area contributed by atoms with Gasteiger partial charge in [0.25, 0.3) is 0 Å². The molecular formula is C24H20BrCl2N3O3. The highest BCUT2D eigenvalue weighted by molar-refractivity contribution is 9.10. The molecule has 4 rings (SSSR count). The summed E-state index contributed by atoms with van der Waals surface area (Å²) in [5.41, 5.74) is 7.77. The molecular weight excluding hydrogens is 529 g/mol. The molecule has 1 saturated heterocycles. The summed E-state index contributed by atoms with van der Waals surface area (Å²) in [7, 11) is 0. The average molecular weight is 549 g/mol. The minimum absolute atomic E-state index is 0.108. The van der Waals surface area contributed by atoms with Gasteiger partial charge < -0.3 is 9.64 Å². The van der Waals surface area contributed by atoms with Gasteiger partial charge in [0.2, 0.25) is 11.8 Å². The van der Waals surface area contributed by atoms with Gasteiger partial charge in [-0.1, -0.05) is 57.3 Å². The van der Waals surface area contributed by atoms with Crippen LogP contribution in [0.2, 0.25) is 10.0 Å². The summed E-state index contributed by atoms with van der Waals surface area (Å²) in [6.07, 6.45) is 0.129. The van der Waals surface area contributed by atoms with Crippen molar-refractivity contribution < 1.29 is 14.3 Å². The molecule has 3 aromatic rings. The SMILES string of the molecule is O=C(NNc1cc(Br)ccc1OCc1ccccc1Cl)[C@H]1CC(=O)N(c2ccc(Cl)cc2)C1. The maximum absolute atomic E-state index is 12.8. The van der Waals surface area contributed by atoms with Crippen LogP contribution < -0.4 is 20.5 Å². The van der Waals surface area contributed by atoms with Crippen LogP contribution in [0.1, 0.15) is 12.0 Å². The molecule has 2 N–H and O–H groups in total. The topological polar surface area (TPSA) is 70.7 Å². The Morgan fingerprint density at radius 2 is 1.85 bits per heavy atom. The Labute approximate surface area is 209 Å². The van der Waals surface area contributed by atoms with Crippen LogP contribution in [0.15, 0.2) is 71.2 Å². The van der Waals surface area contributed by atoms with Gasteiger partial charge >= 0.3 is 0 Å². The Kier molecular flexibility index (Phi) is 7.42. The largest absolute Gasteiger partial charge is 0.487 e. The van der Waals surface area contributed by atoms with E-state index in [-0.39, 0.29) is 24.8 Å². The van der Waals surface area contributed by atoms with Gasteiger partial charge in [-0.05, 0) is 48.5 Å². The summed E-state index contributed by atoms with van der Waals surface area (Å²) in [4.78, 5) is 26.8. The molecule has 0 spiro atoms. The zero-order valence-corrected chi connectivity index (χ0v) is 20.5. The second-order valence-electron chi connectivity index (χ2n) is 7.52. The van der Waals surface area contributed by atoms with Gasteiger partial charge in [0.1, 0.15) is 12.4 Å². The number of amides is 2. The monoisotopic (exact) mass is 547 g/mol. The molecule has 1 heterocycles. The minimum atomic E-state index is -0.486. The maximum Gasteiger partial charge on any atom is 0.243 e. The molecule has 1 aliphatic rings. The molecule has 2 amide bonds. The summed E-state index contributed by atoms with van der Waals surface area (Å²) in [6, 6.07) is 19.8. The Bertz CT molecular complexity index is 1170. The minimum Gasteiger partial charge on any atom is -0.487 e. The first-order valence-corrected chi connectivity index (χ1v) is 11.7. The highest BCUT2D eigenvalue weighted by Crippen LogP contribution is 2.30. The Morgan fingerprint density at radius 3 is 2.61 bits per heavy atom. The van der Waals surface area contributed by atoms with Gasteiger partial charge in [-0.3, -0.25) is 20.4 Å². The average Bonchev–Trinajstić information content (AvgIpc) is 3.20. The number of hydrogen-bond donors (Lipinski definition) is 2. The number of ether oxygens (including phenoxy) is 1. The third-order valence-corrected chi connectivity index (χ3v) is 6.35. The number of carbonyl (C=O) groups is 2. The number of benzene rings is 3. The first-order chi connectivity index (χ1) is 15.9. The lowest BCUT2D eigenvalue weighted by atomic mass is 10.1. The molecule has 0 aliphatic carbocycles. The first-order valence-electron chi connectivity index (χ1n) is 10.2. The number of nitrogens with one attached hydrogen (secondary N) is 2. The number of rotatable bonds is 7. The van der Waals surface area contributed by atoms with Gasteiger partial charge in [0.05, 0.1) is 11.6 Å². The fraction of sp³-hybridized carbons (Fsp3) is 0.167. The van der Waals surface area contributed by atoms with E-state index in [1.54, 1.807) is 47.4 Å². The van der Waals surface area contributed by atoms with E-state index in [1.807, 2.05) is 24.3 Å². The number of anilines is 2. The van der Waals surface area contributed by atoms with E-state index >= 15 is 0 Å². The summed E-state index contributed by atoms with van der Waals surface area (Å²) < 4.78 is 6.74. The molecule has 0 radical (unpaired) electrons. The van der Waals surface area contributed by atoms with E-state index in [0.29, 0.717) is 28.0 Å². The van der Waals surface area contributed by atoms with Crippen LogP contribution in [0.3, 0.4) is 0 Å². The van der Waals surface area contributed by atoms with Crippen LogP contribution in [0.5, 0.6) is 5.75 Å². The molecule has 170 valence electrons. The molecule has 6 nitrogen and oxygen atoms in total. The zero-order chi connectivity index (χ0) is 23.4. The van der Waals surface area contributed by atoms with Crippen LogP contribution in [-0.4, -0.2) is 18.4 Å². The third-order valence-electron chi connectivity index (χ3n) is 5.24. The van der Waals surface area contributed by atoms with Crippen molar-refractivity contribution in [1.29, 1.82) is 0 Å². The van der Waals surface area contributed by atoms with Crippen molar-refractivity contribution in [3.8, 4) is 5.75 Å². The molecule has 1 aliphatic heterocycles. The van der Waals surface area contributed by atoms with E-state index < -0.39 is 5.92 Å². The van der Waals surface area contributed by atoms with E-state index in [4.69, 9.17) is 27.9 Å². The number of halogens is 3. The fourth-order valence-corrected chi connectivity index (χ4v) is 4.16. The third kappa shape index (κ3) is 5.79. The number of hydrazine groups is 1. The molecule has 1 atom stereocenters. The predicted octanol–water partition coefficient (Wildman–Crippen LogP) is 5.83. The van der Waals surface area contributed by atoms with Crippen molar-refractivity contribution in [3.63, 3.8) is 0 Å². The number of nitrogens with zero attached hydrogens (tertiary/aromatic N) is 1. The second kappa shape index (κ2) is 10.5. The lowest BCUT2D eigenvalue weighted by Gasteiger charge is -2.18. The van der Waals surface area contributed by atoms with Gasteiger partial charge in [-0.2, -0.15) is 0 Å². The van der Waals surface area contributed by atoms with Crippen LogP contribution in [0, 0.1) is 5.92 Å². The number of carbonyl (C=O) groups excluding carboxylic acids is 2. The zero-order valence-electron chi connectivity index (χ0n) is 17.4. The van der Waals surface area contributed by atoms with Crippen molar-refractivity contribution in [3.05, 3.63) is 86.8 Å². The summed E-state index contributed by atoms with van der Waals surface area (Å²) in [6.45, 7) is 0.569. The lowest BCUT2D eigenvalue weighted by molar-refractivity contribution is -0.125. The van der Waals surface area contributed by atoms with Crippen molar-refractivity contribution in [2.45, 2.75) is 13.0 Å². The van der Waals surface area contributed by atoms with E-state index in [0.717, 1.165) is 15.7 Å². The molecule has 0 aromatic heterocycles. The van der Waals surface area contributed by atoms with Crippen LogP contribution in [0.4, 0.5) is 11.4 Å². The first kappa shape index (κ1) is 23.4. The smallest absolute Gasteiger partial charge is 0.243 e. The van der Waals surface area contributed by atoms with E-state index in [2.05, 4.69) is 26.8 Å². The van der Waals surface area contributed by atoms with Crippen LogP contribution >= 0.6 is 39.1 Å².